The van der Waals surface area contributed by atoms with E-state index in [4.69, 9.17) is 11.6 Å². The molecule has 0 saturated heterocycles. The molecule has 8 heteroatoms. The first-order chi connectivity index (χ1) is 10.1. The highest BCUT2D eigenvalue weighted by molar-refractivity contribution is 6.33. The molecule has 0 aliphatic carbocycles. The van der Waals surface area contributed by atoms with Crippen LogP contribution in [0.5, 0.6) is 0 Å². The largest absolute Gasteiger partial charge is 0.333 e. The Kier molecular flexibility index (Phi) is 3.74. The molecule has 1 aromatic carbocycles. The fourth-order valence-electron chi connectivity index (χ4n) is 2.29. The molecule has 3 rings (SSSR count). The van der Waals surface area contributed by atoms with Crippen LogP contribution < -0.4 is 10.6 Å². The van der Waals surface area contributed by atoms with E-state index >= 15 is 0 Å². The zero-order valence-electron chi connectivity index (χ0n) is 11.0. The summed E-state index contributed by atoms with van der Waals surface area (Å²) in [6, 6.07) is 3.34. The summed E-state index contributed by atoms with van der Waals surface area (Å²) in [5.74, 6) is 0.459. The van der Waals surface area contributed by atoms with E-state index < -0.39 is 11.8 Å². The molecule has 0 spiro atoms. The molecule has 6 nitrogen and oxygen atoms in total. The van der Waals surface area contributed by atoms with E-state index in [1.165, 1.54) is 24.5 Å². The lowest BCUT2D eigenvalue weighted by Gasteiger charge is -2.23. The second-order valence-corrected chi connectivity index (χ2v) is 5.22. The van der Waals surface area contributed by atoms with Gasteiger partial charge in [-0.2, -0.15) is 5.10 Å². The first-order valence-electron chi connectivity index (χ1n) is 6.51. The number of aromatic nitrogens is 3. The number of rotatable bonds is 2. The van der Waals surface area contributed by atoms with Gasteiger partial charge in [0.15, 0.2) is 0 Å². The topological polar surface area (TPSA) is 71.8 Å². The van der Waals surface area contributed by atoms with Crippen LogP contribution in [0.3, 0.4) is 0 Å². The van der Waals surface area contributed by atoms with Crippen LogP contribution in [-0.4, -0.2) is 26.8 Å². The van der Waals surface area contributed by atoms with E-state index in [0.717, 1.165) is 18.7 Å². The minimum atomic E-state index is -0.459. The quantitative estimate of drug-likeness (QED) is 0.893. The second-order valence-electron chi connectivity index (χ2n) is 4.82. The third kappa shape index (κ3) is 3.13. The molecule has 1 aliphatic heterocycles. The summed E-state index contributed by atoms with van der Waals surface area (Å²) in [6.07, 6.45) is 3.04. The highest BCUT2D eigenvalue weighted by atomic mass is 35.5. The minimum absolute atomic E-state index is 0.0495. The number of hydrogen-bond donors (Lipinski definition) is 2. The monoisotopic (exact) mass is 309 g/mol. The molecule has 0 radical (unpaired) electrons. The lowest BCUT2D eigenvalue weighted by molar-refractivity contribution is 0.243. The van der Waals surface area contributed by atoms with Crippen molar-refractivity contribution in [2.24, 2.45) is 0 Å². The number of nitrogens with zero attached hydrogens (tertiary/aromatic N) is 3. The molecule has 2 heterocycles. The molecule has 0 bridgehead atoms. The maximum atomic E-state index is 13.1. The van der Waals surface area contributed by atoms with Crippen molar-refractivity contribution in [3.05, 3.63) is 41.2 Å². The number of carbonyl (C=O) groups excluding carboxylic acids is 1. The average Bonchev–Trinajstić information content (AvgIpc) is 2.90. The average molecular weight is 310 g/mol. The van der Waals surface area contributed by atoms with Crippen LogP contribution in [0.15, 0.2) is 24.5 Å². The van der Waals surface area contributed by atoms with Crippen LogP contribution in [0.2, 0.25) is 5.02 Å². The van der Waals surface area contributed by atoms with E-state index in [1.807, 2.05) is 0 Å². The number of fused-ring (bicyclic) bond motifs is 1. The normalized spacial score (nSPS) is 17.1. The summed E-state index contributed by atoms with van der Waals surface area (Å²) in [4.78, 5) is 16.1. The zero-order chi connectivity index (χ0) is 14.8. The van der Waals surface area contributed by atoms with E-state index in [0.29, 0.717) is 6.54 Å². The van der Waals surface area contributed by atoms with Crippen LogP contribution in [-0.2, 0) is 13.0 Å². The number of carbonyl (C=O) groups is 1. The fraction of sp³-hybridized carbons (Fsp3) is 0.308. The molecule has 21 heavy (non-hydrogen) atoms. The Hall–Kier alpha value is -2.15. The van der Waals surface area contributed by atoms with Gasteiger partial charge in [0.25, 0.3) is 0 Å². The van der Waals surface area contributed by atoms with Crippen molar-refractivity contribution in [1.29, 1.82) is 0 Å². The van der Waals surface area contributed by atoms with Gasteiger partial charge in [-0.25, -0.2) is 18.9 Å². The molecule has 2 N–H and O–H groups in total. The van der Waals surface area contributed by atoms with E-state index in [9.17, 15) is 9.18 Å². The standard InChI is InChI=1S/C13H13ClFN5O/c14-10-3-1-8(15)5-11(10)19-13(21)18-9-2-4-12-16-7-17-20(12)6-9/h1,3,5,7,9H,2,4,6H2,(H2,18,19,21). The van der Waals surface area contributed by atoms with E-state index in [1.54, 1.807) is 4.68 Å². The molecule has 1 aromatic heterocycles. The second kappa shape index (κ2) is 5.69. The summed E-state index contributed by atoms with van der Waals surface area (Å²) in [6.45, 7) is 0.569. The lowest BCUT2D eigenvalue weighted by Crippen LogP contribution is -2.43. The van der Waals surface area contributed by atoms with Crippen LogP contribution in [0.4, 0.5) is 14.9 Å². The summed E-state index contributed by atoms with van der Waals surface area (Å²) in [5.41, 5.74) is 0.242. The first-order valence-corrected chi connectivity index (χ1v) is 6.89. The Balaban J connectivity index is 1.61. The summed E-state index contributed by atoms with van der Waals surface area (Å²) in [5, 5.41) is 9.75. The Morgan fingerprint density at radius 1 is 1.48 bits per heavy atom. The Labute approximate surface area is 125 Å². The summed E-state index contributed by atoms with van der Waals surface area (Å²) >= 11 is 5.90. The molecule has 0 saturated carbocycles. The highest BCUT2D eigenvalue weighted by Crippen LogP contribution is 2.22. The van der Waals surface area contributed by atoms with E-state index in [-0.39, 0.29) is 16.8 Å². The van der Waals surface area contributed by atoms with Gasteiger partial charge >= 0.3 is 6.03 Å². The number of urea groups is 1. The van der Waals surface area contributed by atoms with Gasteiger partial charge in [-0.05, 0) is 24.6 Å². The smallest absolute Gasteiger partial charge is 0.319 e. The molecule has 2 amide bonds. The molecule has 0 fully saturated rings. The molecule has 1 aliphatic rings. The van der Waals surface area contributed by atoms with Crippen molar-refractivity contribution in [3.63, 3.8) is 0 Å². The van der Waals surface area contributed by atoms with Crippen molar-refractivity contribution in [3.8, 4) is 0 Å². The van der Waals surface area contributed by atoms with Crippen LogP contribution >= 0.6 is 11.6 Å². The van der Waals surface area contributed by atoms with E-state index in [2.05, 4.69) is 20.7 Å². The van der Waals surface area contributed by atoms with Gasteiger partial charge in [0, 0.05) is 6.42 Å². The van der Waals surface area contributed by atoms with Gasteiger partial charge in [0.05, 0.1) is 23.3 Å². The van der Waals surface area contributed by atoms with Gasteiger partial charge in [-0.15, -0.1) is 0 Å². The third-order valence-corrected chi connectivity index (χ3v) is 3.65. The number of amides is 2. The van der Waals surface area contributed by atoms with Gasteiger partial charge in [0.2, 0.25) is 0 Å². The third-order valence-electron chi connectivity index (χ3n) is 3.32. The van der Waals surface area contributed by atoms with Crippen molar-refractivity contribution < 1.29 is 9.18 Å². The summed E-state index contributed by atoms with van der Waals surface area (Å²) in [7, 11) is 0. The molecule has 1 unspecified atom stereocenters. The van der Waals surface area contributed by atoms with Gasteiger partial charge in [-0.1, -0.05) is 11.6 Å². The minimum Gasteiger partial charge on any atom is -0.333 e. The number of hydrogen-bond acceptors (Lipinski definition) is 3. The summed E-state index contributed by atoms with van der Waals surface area (Å²) < 4.78 is 14.9. The molecular weight excluding hydrogens is 297 g/mol. The maximum Gasteiger partial charge on any atom is 0.319 e. The predicted molar refractivity (Wildman–Crippen MR) is 75.7 cm³/mol. The molecular formula is C13H13ClFN5O. The van der Waals surface area contributed by atoms with Gasteiger partial charge < -0.3 is 10.6 Å². The molecule has 2 aromatic rings. The molecule has 1 atom stereocenters. The predicted octanol–water partition coefficient (Wildman–Crippen LogP) is 2.21. The van der Waals surface area contributed by atoms with Crippen LogP contribution in [0, 0.1) is 5.82 Å². The van der Waals surface area contributed by atoms with Crippen LogP contribution in [0.25, 0.3) is 0 Å². The highest BCUT2D eigenvalue weighted by Gasteiger charge is 2.21. The molecule has 110 valence electrons. The Morgan fingerprint density at radius 2 is 2.33 bits per heavy atom. The number of nitrogens with one attached hydrogen (secondary N) is 2. The van der Waals surface area contributed by atoms with Crippen molar-refractivity contribution in [1.82, 2.24) is 20.1 Å². The van der Waals surface area contributed by atoms with Crippen molar-refractivity contribution in [2.45, 2.75) is 25.4 Å². The number of aryl methyl sites for hydroxylation is 1. The lowest BCUT2D eigenvalue weighted by atomic mass is 10.1. The number of anilines is 1. The van der Waals surface area contributed by atoms with Gasteiger partial charge in [0.1, 0.15) is 18.0 Å². The fourth-order valence-corrected chi connectivity index (χ4v) is 2.46. The Morgan fingerprint density at radius 3 is 3.19 bits per heavy atom. The Bertz CT molecular complexity index is 674. The van der Waals surface area contributed by atoms with Crippen LogP contribution in [0.1, 0.15) is 12.2 Å². The maximum absolute atomic E-state index is 13.1. The number of benzene rings is 1. The SMILES string of the molecule is O=C(Nc1cc(F)ccc1Cl)NC1CCc2ncnn2C1. The number of halogens is 2. The van der Waals surface area contributed by atoms with Crippen molar-refractivity contribution >= 4 is 23.3 Å². The first kappa shape index (κ1) is 13.8. The van der Waals surface area contributed by atoms with Gasteiger partial charge in [-0.3, -0.25) is 0 Å². The van der Waals surface area contributed by atoms with Crippen molar-refractivity contribution in [2.75, 3.05) is 5.32 Å². The zero-order valence-corrected chi connectivity index (χ0v) is 11.8.